The molecular formula is C13H19N3OS. The molecule has 4 nitrogen and oxygen atoms in total. The zero-order valence-electron chi connectivity index (χ0n) is 11.0. The largest absolute Gasteiger partial charge is 0.389 e. The van der Waals surface area contributed by atoms with Gasteiger partial charge in [-0.05, 0) is 18.1 Å². The van der Waals surface area contributed by atoms with E-state index in [1.54, 1.807) is 24.1 Å². The summed E-state index contributed by atoms with van der Waals surface area (Å²) in [4.78, 5) is 18.1. The van der Waals surface area contributed by atoms with E-state index in [4.69, 9.17) is 18.0 Å². The van der Waals surface area contributed by atoms with Gasteiger partial charge in [-0.2, -0.15) is 0 Å². The number of hydrogen-bond donors (Lipinski definition) is 1. The van der Waals surface area contributed by atoms with Crippen LogP contribution in [0.4, 0.5) is 0 Å². The molecule has 0 saturated carbocycles. The summed E-state index contributed by atoms with van der Waals surface area (Å²) in [6.45, 7) is 4.96. The highest BCUT2D eigenvalue weighted by Gasteiger charge is 2.15. The molecule has 0 aromatic carbocycles. The van der Waals surface area contributed by atoms with Crippen molar-refractivity contribution in [3.8, 4) is 0 Å². The number of carbonyl (C=O) groups excluding carboxylic acids is 1. The number of rotatable bonds is 5. The van der Waals surface area contributed by atoms with Crippen molar-refractivity contribution in [3.63, 3.8) is 0 Å². The fourth-order valence-corrected chi connectivity index (χ4v) is 1.66. The Morgan fingerprint density at radius 3 is 2.67 bits per heavy atom. The molecule has 0 fully saturated rings. The number of hydrogen-bond acceptors (Lipinski definition) is 3. The average molecular weight is 265 g/mol. The smallest absolute Gasteiger partial charge is 0.272 e. The van der Waals surface area contributed by atoms with Crippen LogP contribution in [-0.2, 0) is 0 Å². The van der Waals surface area contributed by atoms with E-state index < -0.39 is 0 Å². The number of nitrogens with zero attached hydrogens (tertiary/aromatic N) is 2. The zero-order valence-corrected chi connectivity index (χ0v) is 11.8. The maximum absolute atomic E-state index is 12.1. The monoisotopic (exact) mass is 265 g/mol. The lowest BCUT2D eigenvalue weighted by atomic mass is 10.1. The molecule has 0 saturated heterocycles. The van der Waals surface area contributed by atoms with Crippen molar-refractivity contribution in [1.82, 2.24) is 9.88 Å². The molecule has 0 radical (unpaired) electrons. The van der Waals surface area contributed by atoms with Crippen molar-refractivity contribution in [3.05, 3.63) is 29.6 Å². The molecule has 1 amide bonds. The van der Waals surface area contributed by atoms with Crippen LogP contribution in [0.15, 0.2) is 18.3 Å². The van der Waals surface area contributed by atoms with Crippen LogP contribution in [0.1, 0.15) is 36.3 Å². The maximum Gasteiger partial charge on any atom is 0.272 e. The first-order chi connectivity index (χ1) is 8.45. The van der Waals surface area contributed by atoms with Gasteiger partial charge in [0.1, 0.15) is 10.7 Å². The molecule has 98 valence electrons. The molecule has 1 aromatic rings. The Morgan fingerprint density at radius 2 is 2.22 bits per heavy atom. The third-order valence-electron chi connectivity index (χ3n) is 2.90. The first-order valence-electron chi connectivity index (χ1n) is 5.97. The standard InChI is InChI=1S/C13H19N3OS/c1-4-9(2)8-16(3)13(17)11-6-5-10(7-15-11)12(14)18/h5-7,9H,4,8H2,1-3H3,(H2,14,18). The van der Waals surface area contributed by atoms with Crippen molar-refractivity contribution < 1.29 is 4.79 Å². The Bertz CT molecular complexity index is 430. The number of carbonyl (C=O) groups is 1. The molecule has 1 rings (SSSR count). The van der Waals surface area contributed by atoms with Crippen LogP contribution in [0.3, 0.4) is 0 Å². The Labute approximate surface area is 113 Å². The Kier molecular flexibility index (Phi) is 5.22. The van der Waals surface area contributed by atoms with Crippen LogP contribution < -0.4 is 5.73 Å². The molecule has 0 aliphatic rings. The molecule has 1 aromatic heterocycles. The van der Waals surface area contributed by atoms with Gasteiger partial charge in [0.25, 0.3) is 5.91 Å². The van der Waals surface area contributed by atoms with E-state index in [9.17, 15) is 4.79 Å². The van der Waals surface area contributed by atoms with Gasteiger partial charge in [-0.1, -0.05) is 32.5 Å². The van der Waals surface area contributed by atoms with Crippen molar-refractivity contribution in [2.24, 2.45) is 11.7 Å². The topological polar surface area (TPSA) is 59.2 Å². The number of nitrogens with two attached hydrogens (primary N) is 1. The lowest BCUT2D eigenvalue weighted by Gasteiger charge is -2.20. The second kappa shape index (κ2) is 6.44. The first-order valence-corrected chi connectivity index (χ1v) is 6.37. The number of pyridine rings is 1. The molecule has 1 unspecified atom stereocenters. The van der Waals surface area contributed by atoms with Crippen LogP contribution >= 0.6 is 12.2 Å². The Hall–Kier alpha value is -1.49. The molecule has 0 aliphatic heterocycles. The minimum absolute atomic E-state index is 0.0789. The van der Waals surface area contributed by atoms with Gasteiger partial charge < -0.3 is 10.6 Å². The highest BCUT2D eigenvalue weighted by molar-refractivity contribution is 7.80. The van der Waals surface area contributed by atoms with Gasteiger partial charge in [-0.25, -0.2) is 0 Å². The summed E-state index contributed by atoms with van der Waals surface area (Å²) in [5, 5.41) is 0. The van der Waals surface area contributed by atoms with Crippen LogP contribution in [0, 0.1) is 5.92 Å². The van der Waals surface area contributed by atoms with E-state index in [1.807, 2.05) is 0 Å². The SMILES string of the molecule is CCC(C)CN(C)C(=O)c1ccc(C(N)=S)cn1. The van der Waals surface area contributed by atoms with E-state index in [2.05, 4.69) is 18.8 Å². The zero-order chi connectivity index (χ0) is 13.7. The predicted octanol–water partition coefficient (Wildman–Crippen LogP) is 1.83. The molecule has 0 bridgehead atoms. The predicted molar refractivity (Wildman–Crippen MR) is 76.5 cm³/mol. The fourth-order valence-electron chi connectivity index (χ4n) is 1.54. The van der Waals surface area contributed by atoms with Gasteiger partial charge in [-0.3, -0.25) is 9.78 Å². The number of amides is 1. The molecule has 18 heavy (non-hydrogen) atoms. The van der Waals surface area contributed by atoms with Crippen molar-refractivity contribution in [2.45, 2.75) is 20.3 Å². The summed E-state index contributed by atoms with van der Waals surface area (Å²) >= 11 is 4.84. The van der Waals surface area contributed by atoms with Crippen LogP contribution in [0.5, 0.6) is 0 Å². The van der Waals surface area contributed by atoms with E-state index >= 15 is 0 Å². The van der Waals surface area contributed by atoms with E-state index in [0.717, 1.165) is 13.0 Å². The highest BCUT2D eigenvalue weighted by atomic mass is 32.1. The van der Waals surface area contributed by atoms with Gasteiger partial charge in [0.2, 0.25) is 0 Å². The Morgan fingerprint density at radius 1 is 1.56 bits per heavy atom. The quantitative estimate of drug-likeness (QED) is 0.825. The lowest BCUT2D eigenvalue weighted by molar-refractivity contribution is 0.0769. The molecule has 0 aliphatic carbocycles. The number of thiocarbonyl (C=S) groups is 1. The average Bonchev–Trinajstić information content (AvgIpc) is 2.37. The molecule has 5 heteroatoms. The first kappa shape index (κ1) is 14.6. The van der Waals surface area contributed by atoms with Crippen molar-refractivity contribution >= 4 is 23.1 Å². The van der Waals surface area contributed by atoms with Gasteiger partial charge in [0.15, 0.2) is 0 Å². The van der Waals surface area contributed by atoms with E-state index in [0.29, 0.717) is 17.2 Å². The lowest BCUT2D eigenvalue weighted by Crippen LogP contribution is -2.31. The van der Waals surface area contributed by atoms with Crippen molar-refractivity contribution in [2.75, 3.05) is 13.6 Å². The fraction of sp³-hybridized carbons (Fsp3) is 0.462. The van der Waals surface area contributed by atoms with Crippen molar-refractivity contribution in [1.29, 1.82) is 0 Å². The molecule has 1 heterocycles. The highest BCUT2D eigenvalue weighted by Crippen LogP contribution is 2.07. The van der Waals surface area contributed by atoms with Gasteiger partial charge in [0.05, 0.1) is 0 Å². The third kappa shape index (κ3) is 3.77. The van der Waals surface area contributed by atoms with Gasteiger partial charge in [-0.15, -0.1) is 0 Å². The maximum atomic E-state index is 12.1. The Balaban J connectivity index is 2.74. The second-order valence-corrected chi connectivity index (χ2v) is 4.94. The third-order valence-corrected chi connectivity index (χ3v) is 3.13. The molecule has 0 spiro atoms. The minimum Gasteiger partial charge on any atom is -0.389 e. The van der Waals surface area contributed by atoms with E-state index in [-0.39, 0.29) is 10.9 Å². The van der Waals surface area contributed by atoms with E-state index in [1.165, 1.54) is 6.20 Å². The number of aromatic nitrogens is 1. The normalized spacial score (nSPS) is 11.9. The van der Waals surface area contributed by atoms with Crippen LogP contribution in [0.2, 0.25) is 0 Å². The summed E-state index contributed by atoms with van der Waals surface area (Å²) in [6.07, 6.45) is 2.58. The second-order valence-electron chi connectivity index (χ2n) is 4.50. The molecular weight excluding hydrogens is 246 g/mol. The molecule has 2 N–H and O–H groups in total. The molecule has 1 atom stereocenters. The minimum atomic E-state index is -0.0789. The summed E-state index contributed by atoms with van der Waals surface area (Å²) in [7, 11) is 1.79. The van der Waals surface area contributed by atoms with Gasteiger partial charge in [0, 0.05) is 25.4 Å². The summed E-state index contributed by atoms with van der Waals surface area (Å²) < 4.78 is 0. The van der Waals surface area contributed by atoms with Crippen LogP contribution in [0.25, 0.3) is 0 Å². The summed E-state index contributed by atoms with van der Waals surface area (Å²) in [5.41, 5.74) is 6.57. The summed E-state index contributed by atoms with van der Waals surface area (Å²) in [6, 6.07) is 3.38. The summed E-state index contributed by atoms with van der Waals surface area (Å²) in [5.74, 6) is 0.402. The van der Waals surface area contributed by atoms with Gasteiger partial charge >= 0.3 is 0 Å². The van der Waals surface area contributed by atoms with Crippen LogP contribution in [-0.4, -0.2) is 34.4 Å².